The van der Waals surface area contributed by atoms with E-state index in [1.807, 2.05) is 37.3 Å². The topological polar surface area (TPSA) is 77.8 Å². The second-order valence-corrected chi connectivity index (χ2v) is 11.9. The van der Waals surface area contributed by atoms with Crippen LogP contribution in [-0.4, -0.2) is 15.0 Å². The third-order valence-electron chi connectivity index (χ3n) is 9.07. The fourth-order valence-electron chi connectivity index (χ4n) is 6.82. The molecule has 47 heavy (non-hydrogen) atoms. The smallest absolute Gasteiger partial charge is 0.164 e. The lowest BCUT2D eigenvalue weighted by Gasteiger charge is -2.12. The van der Waals surface area contributed by atoms with E-state index in [2.05, 4.69) is 103 Å². The van der Waals surface area contributed by atoms with Gasteiger partial charge in [0.05, 0.1) is 0 Å². The molecule has 2 aromatic heterocycles. The first-order valence-electron chi connectivity index (χ1n) is 15.7. The molecule has 9 aromatic rings. The van der Waals surface area contributed by atoms with Crippen molar-refractivity contribution in [3.8, 4) is 34.2 Å². The van der Waals surface area contributed by atoms with Crippen molar-refractivity contribution < 1.29 is 4.42 Å². The van der Waals surface area contributed by atoms with Crippen molar-refractivity contribution in [2.75, 3.05) is 0 Å². The van der Waals surface area contributed by atoms with Gasteiger partial charge >= 0.3 is 0 Å². The monoisotopic (exact) mass is 604 g/mol. The van der Waals surface area contributed by atoms with Crippen LogP contribution in [-0.2, 0) is 0 Å². The predicted octanol–water partition coefficient (Wildman–Crippen LogP) is 10.5. The second-order valence-electron chi connectivity index (χ2n) is 11.9. The number of fused-ring (bicyclic) bond motifs is 7. The van der Waals surface area contributed by atoms with E-state index in [1.165, 1.54) is 33.1 Å². The van der Waals surface area contributed by atoms with E-state index in [-0.39, 0.29) is 0 Å². The number of benzene rings is 7. The molecule has 5 heteroatoms. The zero-order valence-corrected chi connectivity index (χ0v) is 25.6. The number of nitrogens with zero attached hydrogens (tertiary/aromatic N) is 3. The van der Waals surface area contributed by atoms with Crippen molar-refractivity contribution in [2.24, 2.45) is 5.73 Å². The van der Waals surface area contributed by atoms with E-state index in [9.17, 15) is 0 Å². The standard InChI is InChI=1S/C42H28N4O/c1-25-33(21-22-43)39-35(11-6-12-37(39)47-25)42-45-40(31-19-13-26-7-2-3-9-30(26)23-31)44-41(46-42)32-20-16-28-15-18-29-17-14-27-8-4-5-10-34(27)38(29)36(28)24-32/h2-24H,43H2,1H3/b22-21-. The van der Waals surface area contributed by atoms with Gasteiger partial charge in [0.1, 0.15) is 11.3 Å². The average molecular weight is 605 g/mol. The molecular weight excluding hydrogens is 576 g/mol. The van der Waals surface area contributed by atoms with Crippen LogP contribution in [0, 0.1) is 6.92 Å². The minimum atomic E-state index is 0.569. The Kier molecular flexibility index (Phi) is 6.12. The first kappa shape index (κ1) is 27.0. The number of hydrogen-bond acceptors (Lipinski definition) is 5. The normalized spacial score (nSPS) is 11.9. The molecule has 2 heterocycles. The molecule has 0 amide bonds. The maximum atomic E-state index is 6.14. The Morgan fingerprint density at radius 1 is 0.532 bits per heavy atom. The van der Waals surface area contributed by atoms with E-state index in [1.54, 1.807) is 0 Å². The van der Waals surface area contributed by atoms with E-state index in [4.69, 9.17) is 25.1 Å². The van der Waals surface area contributed by atoms with Crippen LogP contribution >= 0.6 is 0 Å². The van der Waals surface area contributed by atoms with Gasteiger partial charge in [0, 0.05) is 27.6 Å². The summed E-state index contributed by atoms with van der Waals surface area (Å²) < 4.78 is 6.14. The van der Waals surface area contributed by atoms with Crippen LogP contribution in [0.1, 0.15) is 11.3 Å². The Morgan fingerprint density at radius 2 is 1.15 bits per heavy atom. The van der Waals surface area contributed by atoms with Gasteiger partial charge in [-0.1, -0.05) is 109 Å². The largest absolute Gasteiger partial charge is 0.461 e. The molecule has 0 aliphatic carbocycles. The number of hydrogen-bond donors (Lipinski definition) is 1. The highest BCUT2D eigenvalue weighted by Gasteiger charge is 2.19. The molecule has 9 rings (SSSR count). The van der Waals surface area contributed by atoms with Gasteiger partial charge in [-0.25, -0.2) is 15.0 Å². The Bertz CT molecular complexity index is 2720. The molecule has 0 radical (unpaired) electrons. The van der Waals surface area contributed by atoms with Crippen LogP contribution in [0.2, 0.25) is 0 Å². The molecule has 0 spiro atoms. The lowest BCUT2D eigenvalue weighted by atomic mass is 9.95. The summed E-state index contributed by atoms with van der Waals surface area (Å²) in [7, 11) is 0. The molecule has 0 fully saturated rings. The van der Waals surface area contributed by atoms with Crippen molar-refractivity contribution in [2.45, 2.75) is 6.92 Å². The summed E-state index contributed by atoms with van der Waals surface area (Å²) in [6, 6.07) is 44.4. The lowest BCUT2D eigenvalue weighted by Crippen LogP contribution is -2.01. The fraction of sp³-hybridized carbons (Fsp3) is 0.0238. The van der Waals surface area contributed by atoms with Gasteiger partial charge in [0.25, 0.3) is 0 Å². The summed E-state index contributed by atoms with van der Waals surface area (Å²) in [5.74, 6) is 2.56. The quantitative estimate of drug-likeness (QED) is 0.202. The van der Waals surface area contributed by atoms with E-state index < -0.39 is 0 Å². The van der Waals surface area contributed by atoms with Crippen molar-refractivity contribution in [3.05, 3.63) is 145 Å². The van der Waals surface area contributed by atoms with Crippen LogP contribution in [0.25, 0.3) is 94.3 Å². The molecule has 0 bridgehead atoms. The van der Waals surface area contributed by atoms with Gasteiger partial charge < -0.3 is 10.2 Å². The summed E-state index contributed by atoms with van der Waals surface area (Å²) in [5.41, 5.74) is 10.2. The molecular formula is C42H28N4O. The van der Waals surface area contributed by atoms with E-state index >= 15 is 0 Å². The lowest BCUT2D eigenvalue weighted by molar-refractivity contribution is 0.577. The van der Waals surface area contributed by atoms with Gasteiger partial charge in [-0.3, -0.25) is 0 Å². The van der Waals surface area contributed by atoms with E-state index in [0.29, 0.717) is 17.5 Å². The van der Waals surface area contributed by atoms with Crippen LogP contribution in [0.5, 0.6) is 0 Å². The maximum Gasteiger partial charge on any atom is 0.164 e. The molecule has 5 nitrogen and oxygen atoms in total. The van der Waals surface area contributed by atoms with Crippen molar-refractivity contribution >= 4 is 60.1 Å². The second kappa shape index (κ2) is 10.6. The van der Waals surface area contributed by atoms with Gasteiger partial charge in [-0.15, -0.1) is 0 Å². The summed E-state index contributed by atoms with van der Waals surface area (Å²) in [6.45, 7) is 1.95. The Labute approximate surface area is 270 Å². The summed E-state index contributed by atoms with van der Waals surface area (Å²) >= 11 is 0. The summed E-state index contributed by atoms with van der Waals surface area (Å²) in [4.78, 5) is 15.4. The van der Waals surface area contributed by atoms with Gasteiger partial charge in [-0.05, 0) is 80.5 Å². The number of aromatic nitrogens is 3. The fourth-order valence-corrected chi connectivity index (χ4v) is 6.82. The first-order chi connectivity index (χ1) is 23.1. The number of nitrogens with two attached hydrogens (primary N) is 1. The van der Waals surface area contributed by atoms with Gasteiger partial charge in [0.15, 0.2) is 17.5 Å². The van der Waals surface area contributed by atoms with Gasteiger partial charge in [-0.2, -0.15) is 0 Å². The maximum absolute atomic E-state index is 6.14. The molecule has 2 N–H and O–H groups in total. The molecule has 0 saturated carbocycles. The first-order valence-corrected chi connectivity index (χ1v) is 15.7. The number of furan rings is 1. The van der Waals surface area contributed by atoms with Crippen LogP contribution < -0.4 is 5.73 Å². The average Bonchev–Trinajstić information content (AvgIpc) is 3.45. The van der Waals surface area contributed by atoms with Crippen molar-refractivity contribution in [1.82, 2.24) is 15.0 Å². The Morgan fingerprint density at radius 3 is 1.94 bits per heavy atom. The highest BCUT2D eigenvalue weighted by atomic mass is 16.3. The van der Waals surface area contributed by atoms with Crippen molar-refractivity contribution in [1.29, 1.82) is 0 Å². The molecule has 0 atom stereocenters. The van der Waals surface area contributed by atoms with Crippen LogP contribution in [0.4, 0.5) is 0 Å². The molecule has 7 aromatic carbocycles. The predicted molar refractivity (Wildman–Crippen MR) is 194 cm³/mol. The molecule has 0 unspecified atom stereocenters. The number of aryl methyl sites for hydroxylation is 1. The third kappa shape index (κ3) is 4.43. The zero-order chi connectivity index (χ0) is 31.5. The Balaban J connectivity index is 1.33. The van der Waals surface area contributed by atoms with E-state index in [0.717, 1.165) is 55.1 Å². The summed E-state index contributed by atoms with van der Waals surface area (Å²) in [5, 5.41) is 10.4. The number of rotatable bonds is 4. The minimum absolute atomic E-state index is 0.569. The minimum Gasteiger partial charge on any atom is -0.461 e. The SMILES string of the molecule is Cc1oc2cccc(-c3nc(-c4ccc5ccccc5c4)nc(-c4ccc5ccc6ccc7ccccc7c6c5c4)n3)c2c1/C=C\N. The third-order valence-corrected chi connectivity index (χ3v) is 9.07. The highest BCUT2D eigenvalue weighted by molar-refractivity contribution is 6.20. The Hall–Kier alpha value is -6.33. The van der Waals surface area contributed by atoms with Crippen LogP contribution in [0.15, 0.2) is 138 Å². The molecule has 222 valence electrons. The van der Waals surface area contributed by atoms with Crippen LogP contribution in [0.3, 0.4) is 0 Å². The molecule has 0 aliphatic rings. The molecule has 0 aliphatic heterocycles. The van der Waals surface area contributed by atoms with Gasteiger partial charge in [0.2, 0.25) is 0 Å². The molecule has 0 saturated heterocycles. The van der Waals surface area contributed by atoms with Crippen molar-refractivity contribution in [3.63, 3.8) is 0 Å². The summed E-state index contributed by atoms with van der Waals surface area (Å²) in [6.07, 6.45) is 3.41. The highest BCUT2D eigenvalue weighted by Crippen LogP contribution is 2.37. The zero-order valence-electron chi connectivity index (χ0n) is 25.6.